The number of anilines is 1. The molecule has 0 aromatic heterocycles. The third-order valence-corrected chi connectivity index (χ3v) is 6.15. The largest absolute Gasteiger partial charge is 0.478 e. The van der Waals surface area contributed by atoms with Gasteiger partial charge < -0.3 is 10.5 Å². The number of carboxylic acid groups (broad SMARTS) is 1. The number of benzene rings is 4. The fourth-order valence-corrected chi connectivity index (χ4v) is 4.18. The smallest absolute Gasteiger partial charge is 0.335 e. The third kappa shape index (κ3) is 6.97. The van der Waals surface area contributed by atoms with Gasteiger partial charge >= 0.3 is 5.97 Å². The van der Waals surface area contributed by atoms with Gasteiger partial charge in [0, 0.05) is 11.6 Å². The number of halogens is 1. The van der Waals surface area contributed by atoms with E-state index in [1.807, 2.05) is 54.6 Å². The summed E-state index contributed by atoms with van der Waals surface area (Å²) in [5.41, 5.74) is 10.5. The molecule has 0 aliphatic carbocycles. The highest BCUT2D eigenvalue weighted by Crippen LogP contribution is 2.36. The first kappa shape index (κ1) is 27.0. The van der Waals surface area contributed by atoms with Crippen LogP contribution in [0.15, 0.2) is 115 Å². The Hall–Kier alpha value is -3.60. The Morgan fingerprint density at radius 3 is 1.50 bits per heavy atom. The highest BCUT2D eigenvalue weighted by molar-refractivity contribution is 6.17. The lowest BCUT2D eigenvalue weighted by Gasteiger charge is -2.37. The van der Waals surface area contributed by atoms with Crippen LogP contribution in [-0.2, 0) is 5.54 Å². The summed E-state index contributed by atoms with van der Waals surface area (Å²) in [6.45, 7) is 2.17. The van der Waals surface area contributed by atoms with E-state index >= 15 is 0 Å². The van der Waals surface area contributed by atoms with Crippen molar-refractivity contribution in [3.05, 3.63) is 138 Å². The maximum atomic E-state index is 11.1. The molecule has 4 aromatic carbocycles. The average Bonchev–Trinajstić information content (AvgIpc) is 2.94. The maximum absolute atomic E-state index is 11.1. The summed E-state index contributed by atoms with van der Waals surface area (Å²) in [5.74, 6) is -0.116. The number of carboxylic acids is 1. The molecule has 0 saturated heterocycles. The van der Waals surface area contributed by atoms with Gasteiger partial charge in [-0.25, -0.2) is 10.2 Å². The SMILES string of the molecule is CCCCCCl.O=C(O)c1ccc(NNC(c2ccccc2)(c2ccccc2)c2ccccc2)cc1. The van der Waals surface area contributed by atoms with Gasteiger partial charge in [0.1, 0.15) is 5.54 Å². The molecule has 0 aliphatic heterocycles. The van der Waals surface area contributed by atoms with Crippen LogP contribution in [0.3, 0.4) is 0 Å². The molecule has 0 heterocycles. The van der Waals surface area contributed by atoms with Crippen LogP contribution in [-0.4, -0.2) is 17.0 Å². The summed E-state index contributed by atoms with van der Waals surface area (Å²) in [4.78, 5) is 11.1. The van der Waals surface area contributed by atoms with E-state index in [4.69, 9.17) is 16.7 Å². The first-order valence-electron chi connectivity index (χ1n) is 12.2. The minimum atomic E-state index is -0.943. The highest BCUT2D eigenvalue weighted by atomic mass is 35.5. The molecule has 0 fully saturated rings. The van der Waals surface area contributed by atoms with Crippen molar-refractivity contribution in [2.75, 3.05) is 11.3 Å². The molecule has 186 valence electrons. The summed E-state index contributed by atoms with van der Waals surface area (Å²) < 4.78 is 0. The first-order valence-corrected chi connectivity index (χ1v) is 12.7. The summed E-state index contributed by atoms with van der Waals surface area (Å²) in [5, 5.41) is 9.14. The van der Waals surface area contributed by atoms with Crippen LogP contribution in [0, 0.1) is 0 Å². The van der Waals surface area contributed by atoms with Crippen molar-refractivity contribution >= 4 is 23.3 Å². The molecule has 0 bridgehead atoms. The fourth-order valence-electron chi connectivity index (χ4n) is 3.99. The molecule has 0 unspecified atom stereocenters. The lowest BCUT2D eigenvalue weighted by atomic mass is 9.77. The van der Waals surface area contributed by atoms with Gasteiger partial charge in [-0.05, 0) is 47.4 Å². The highest BCUT2D eigenvalue weighted by Gasteiger charge is 2.36. The van der Waals surface area contributed by atoms with E-state index in [2.05, 4.69) is 54.2 Å². The molecule has 0 spiro atoms. The summed E-state index contributed by atoms with van der Waals surface area (Å²) >= 11 is 5.38. The van der Waals surface area contributed by atoms with E-state index in [0.717, 1.165) is 28.3 Å². The maximum Gasteiger partial charge on any atom is 0.335 e. The first-order chi connectivity index (χ1) is 17.6. The van der Waals surface area contributed by atoms with Crippen LogP contribution < -0.4 is 10.9 Å². The van der Waals surface area contributed by atoms with Crippen molar-refractivity contribution in [3.8, 4) is 0 Å². The Kier molecular flexibility index (Phi) is 10.6. The number of alkyl halides is 1. The zero-order valence-corrected chi connectivity index (χ0v) is 21.3. The van der Waals surface area contributed by atoms with Crippen LogP contribution in [0.2, 0.25) is 0 Å². The monoisotopic (exact) mass is 500 g/mol. The van der Waals surface area contributed by atoms with Crippen molar-refractivity contribution in [1.29, 1.82) is 0 Å². The van der Waals surface area contributed by atoms with Gasteiger partial charge in [0.25, 0.3) is 0 Å². The molecule has 0 atom stereocenters. The third-order valence-electron chi connectivity index (χ3n) is 5.88. The molecule has 5 heteroatoms. The van der Waals surface area contributed by atoms with Crippen molar-refractivity contribution < 1.29 is 9.90 Å². The van der Waals surface area contributed by atoms with Crippen molar-refractivity contribution in [2.24, 2.45) is 0 Å². The summed E-state index contributed by atoms with van der Waals surface area (Å²) in [6.07, 6.45) is 3.73. The predicted octanol–water partition coefficient (Wildman–Crippen LogP) is 7.71. The van der Waals surface area contributed by atoms with Gasteiger partial charge in [-0.1, -0.05) is 111 Å². The Morgan fingerprint density at radius 1 is 0.722 bits per heavy atom. The second kappa shape index (κ2) is 14.1. The molecule has 3 N–H and O–H groups in total. The van der Waals surface area contributed by atoms with Gasteiger partial charge in [0.2, 0.25) is 0 Å². The van der Waals surface area contributed by atoms with Gasteiger partial charge in [-0.3, -0.25) is 0 Å². The zero-order chi connectivity index (χ0) is 25.6. The molecular formula is C31H33ClN2O2. The Bertz CT molecular complexity index is 1070. The Morgan fingerprint density at radius 2 is 1.17 bits per heavy atom. The number of unbranched alkanes of at least 4 members (excludes halogenated alkanes) is 2. The molecular weight excluding hydrogens is 468 g/mol. The summed E-state index contributed by atoms with van der Waals surface area (Å²) in [7, 11) is 0. The molecule has 0 radical (unpaired) electrons. The van der Waals surface area contributed by atoms with E-state index in [9.17, 15) is 4.79 Å². The van der Waals surface area contributed by atoms with E-state index in [-0.39, 0.29) is 5.56 Å². The normalized spacial score (nSPS) is 10.7. The lowest BCUT2D eigenvalue weighted by Crippen LogP contribution is -2.47. The molecule has 4 rings (SSSR count). The minimum absolute atomic E-state index is 0.251. The van der Waals surface area contributed by atoms with Gasteiger partial charge in [-0.2, -0.15) is 0 Å². The van der Waals surface area contributed by atoms with E-state index in [1.165, 1.54) is 19.3 Å². The molecule has 36 heavy (non-hydrogen) atoms. The zero-order valence-electron chi connectivity index (χ0n) is 20.5. The number of rotatable bonds is 10. The van der Waals surface area contributed by atoms with Crippen LogP contribution >= 0.6 is 11.6 Å². The predicted molar refractivity (Wildman–Crippen MR) is 150 cm³/mol. The van der Waals surface area contributed by atoms with Gasteiger partial charge in [-0.15, -0.1) is 11.6 Å². The molecule has 4 nitrogen and oxygen atoms in total. The lowest BCUT2D eigenvalue weighted by molar-refractivity contribution is 0.0697. The standard InChI is InChI=1S/C26H22N2O2.C5H11Cl/c29-25(30)20-16-18-24(19-17-20)27-28-26(21-10-4-1-5-11-21,22-12-6-2-7-13-22)23-14-8-3-9-15-23;1-2-3-4-5-6/h1-19,27-28H,(H,29,30);2-5H2,1H3. The van der Waals surface area contributed by atoms with E-state index < -0.39 is 11.5 Å². The van der Waals surface area contributed by atoms with Crippen LogP contribution in [0.5, 0.6) is 0 Å². The van der Waals surface area contributed by atoms with Crippen LogP contribution in [0.25, 0.3) is 0 Å². The van der Waals surface area contributed by atoms with Crippen molar-refractivity contribution in [1.82, 2.24) is 5.43 Å². The topological polar surface area (TPSA) is 61.4 Å². The number of nitrogens with one attached hydrogen (secondary N) is 2. The second-order valence-corrected chi connectivity index (χ2v) is 8.75. The van der Waals surface area contributed by atoms with Gasteiger partial charge in [0.15, 0.2) is 0 Å². The van der Waals surface area contributed by atoms with Crippen LogP contribution in [0.4, 0.5) is 5.69 Å². The number of hydrazine groups is 1. The quantitative estimate of drug-likeness (QED) is 0.0902. The number of aromatic carboxylic acids is 1. The number of hydrogen-bond acceptors (Lipinski definition) is 3. The number of carbonyl (C=O) groups is 1. The molecule has 0 aliphatic rings. The van der Waals surface area contributed by atoms with Crippen molar-refractivity contribution in [3.63, 3.8) is 0 Å². The van der Waals surface area contributed by atoms with E-state index in [0.29, 0.717) is 0 Å². The number of hydrogen-bond donors (Lipinski definition) is 3. The molecule has 4 aromatic rings. The molecule has 0 amide bonds. The van der Waals surface area contributed by atoms with Crippen molar-refractivity contribution in [2.45, 2.75) is 31.7 Å². The second-order valence-electron chi connectivity index (χ2n) is 8.38. The fraction of sp³-hybridized carbons (Fsp3) is 0.194. The Balaban J connectivity index is 0.000000538. The summed E-state index contributed by atoms with van der Waals surface area (Å²) in [6, 6.07) is 37.4. The molecule has 0 saturated carbocycles. The van der Waals surface area contributed by atoms with E-state index in [1.54, 1.807) is 24.3 Å². The minimum Gasteiger partial charge on any atom is -0.478 e. The Labute approximate surface area is 218 Å². The van der Waals surface area contributed by atoms with Gasteiger partial charge in [0.05, 0.1) is 5.56 Å². The average molecular weight is 501 g/mol. The van der Waals surface area contributed by atoms with Crippen LogP contribution in [0.1, 0.15) is 53.2 Å².